The zero-order valence-electron chi connectivity index (χ0n) is 9.99. The van der Waals surface area contributed by atoms with Crippen LogP contribution in [0.15, 0.2) is 40.0 Å². The van der Waals surface area contributed by atoms with Gasteiger partial charge in [0.15, 0.2) is 4.77 Å². The molecule has 0 aliphatic rings. The molecule has 0 unspecified atom stereocenters. The molecule has 4 aromatic rings. The summed E-state index contributed by atoms with van der Waals surface area (Å²) in [5, 5.41) is 1.88. The molecule has 0 atom stereocenters. The molecule has 0 fully saturated rings. The zero-order valence-corrected chi connectivity index (χ0v) is 12.4. The number of aromatic amines is 1. The van der Waals surface area contributed by atoms with Crippen LogP contribution in [-0.2, 0) is 0 Å². The standard InChI is InChI=1S/C13H7N3OS3/c17-12-11-9(3-4-19-11)15-13(18)16(12)7-1-2-8-10(5-7)20-6-14-8/h1-6H,(H,15,18). The van der Waals surface area contributed by atoms with Crippen LogP contribution in [0.2, 0.25) is 0 Å². The van der Waals surface area contributed by atoms with Crippen molar-refractivity contribution >= 4 is 55.3 Å². The number of fused-ring (bicyclic) bond motifs is 2. The molecule has 0 amide bonds. The minimum atomic E-state index is -0.0809. The van der Waals surface area contributed by atoms with Gasteiger partial charge in [-0.25, -0.2) is 4.98 Å². The van der Waals surface area contributed by atoms with E-state index in [0.29, 0.717) is 9.47 Å². The molecule has 0 spiro atoms. The molecule has 0 radical (unpaired) electrons. The molecule has 20 heavy (non-hydrogen) atoms. The highest BCUT2D eigenvalue weighted by molar-refractivity contribution is 7.71. The van der Waals surface area contributed by atoms with Gasteiger partial charge in [-0.1, -0.05) is 0 Å². The smallest absolute Gasteiger partial charge is 0.276 e. The fourth-order valence-corrected chi connectivity index (χ4v) is 3.94. The maximum atomic E-state index is 12.6. The van der Waals surface area contributed by atoms with E-state index in [-0.39, 0.29) is 5.56 Å². The fraction of sp³-hybridized carbons (Fsp3) is 0. The summed E-state index contributed by atoms with van der Waals surface area (Å²) >= 11 is 8.28. The average Bonchev–Trinajstić information content (AvgIpc) is 3.06. The molecule has 0 aliphatic heterocycles. The van der Waals surface area contributed by atoms with E-state index in [1.807, 2.05) is 29.6 Å². The van der Waals surface area contributed by atoms with Gasteiger partial charge in [-0.15, -0.1) is 22.7 Å². The Morgan fingerprint density at radius 1 is 1.25 bits per heavy atom. The second kappa shape index (κ2) is 4.34. The third kappa shape index (κ3) is 1.67. The second-order valence-corrected chi connectivity index (χ2v) is 6.43. The first kappa shape index (κ1) is 12.0. The number of thiophene rings is 1. The maximum Gasteiger partial charge on any atom is 0.276 e. The van der Waals surface area contributed by atoms with Crippen LogP contribution >= 0.6 is 34.9 Å². The van der Waals surface area contributed by atoms with Crippen LogP contribution in [0.3, 0.4) is 0 Å². The van der Waals surface area contributed by atoms with Crippen molar-refractivity contribution in [2.45, 2.75) is 0 Å². The first-order valence-corrected chi connectivity index (χ1v) is 7.97. The number of thiazole rings is 1. The van der Waals surface area contributed by atoms with Crippen molar-refractivity contribution in [3.05, 3.63) is 50.3 Å². The molecule has 3 aromatic heterocycles. The number of nitrogens with zero attached hydrogens (tertiary/aromatic N) is 2. The lowest BCUT2D eigenvalue weighted by molar-refractivity contribution is 0.945. The van der Waals surface area contributed by atoms with Crippen molar-refractivity contribution in [1.29, 1.82) is 0 Å². The van der Waals surface area contributed by atoms with Gasteiger partial charge in [-0.05, 0) is 41.9 Å². The number of hydrogen-bond acceptors (Lipinski definition) is 5. The predicted octanol–water partition coefficient (Wildman–Crippen LogP) is 3.72. The van der Waals surface area contributed by atoms with Crippen LogP contribution in [0.25, 0.3) is 26.1 Å². The molecule has 7 heteroatoms. The predicted molar refractivity (Wildman–Crippen MR) is 85.8 cm³/mol. The first-order valence-electron chi connectivity index (χ1n) is 5.80. The Labute approximate surface area is 126 Å². The molecule has 1 N–H and O–H groups in total. The number of rotatable bonds is 1. The van der Waals surface area contributed by atoms with Crippen LogP contribution in [0.5, 0.6) is 0 Å². The minimum absolute atomic E-state index is 0.0809. The summed E-state index contributed by atoms with van der Waals surface area (Å²) in [6.45, 7) is 0. The van der Waals surface area contributed by atoms with Gasteiger partial charge in [0, 0.05) is 0 Å². The van der Waals surface area contributed by atoms with Crippen molar-refractivity contribution in [2.75, 3.05) is 0 Å². The quantitative estimate of drug-likeness (QED) is 0.544. The van der Waals surface area contributed by atoms with Crippen molar-refractivity contribution < 1.29 is 0 Å². The van der Waals surface area contributed by atoms with Gasteiger partial charge in [0.1, 0.15) is 4.70 Å². The van der Waals surface area contributed by atoms with Crippen molar-refractivity contribution in [3.8, 4) is 5.69 Å². The Balaban J connectivity index is 2.10. The third-order valence-electron chi connectivity index (χ3n) is 3.08. The zero-order chi connectivity index (χ0) is 13.7. The van der Waals surface area contributed by atoms with Gasteiger partial charge in [0.25, 0.3) is 5.56 Å². The van der Waals surface area contributed by atoms with Gasteiger partial charge < -0.3 is 4.98 Å². The Hall–Kier alpha value is -1.83. The van der Waals surface area contributed by atoms with E-state index in [4.69, 9.17) is 12.2 Å². The van der Waals surface area contributed by atoms with E-state index >= 15 is 0 Å². The van der Waals surface area contributed by atoms with Gasteiger partial charge in [0.05, 0.1) is 26.9 Å². The number of hydrogen-bond donors (Lipinski definition) is 1. The summed E-state index contributed by atoms with van der Waals surface area (Å²) < 4.78 is 3.66. The normalized spacial score (nSPS) is 11.4. The van der Waals surface area contributed by atoms with Crippen LogP contribution in [-0.4, -0.2) is 14.5 Å². The monoisotopic (exact) mass is 317 g/mol. The molecule has 4 nitrogen and oxygen atoms in total. The Kier molecular flexibility index (Phi) is 2.59. The average molecular weight is 317 g/mol. The van der Waals surface area contributed by atoms with Crippen LogP contribution in [0, 0.1) is 4.77 Å². The maximum absolute atomic E-state index is 12.6. The van der Waals surface area contributed by atoms with Crippen LogP contribution < -0.4 is 5.56 Å². The SMILES string of the molecule is O=c1c2sccc2[nH]c(=S)n1-c1ccc2ncsc2c1. The molecular weight excluding hydrogens is 310 g/mol. The van der Waals surface area contributed by atoms with Crippen LogP contribution in [0.4, 0.5) is 0 Å². The van der Waals surface area contributed by atoms with Gasteiger partial charge in [-0.3, -0.25) is 9.36 Å². The number of nitrogens with one attached hydrogen (secondary N) is 1. The van der Waals surface area contributed by atoms with Crippen LogP contribution in [0.1, 0.15) is 0 Å². The molecule has 1 aromatic carbocycles. The summed E-state index contributed by atoms with van der Waals surface area (Å²) in [4.78, 5) is 19.9. The van der Waals surface area contributed by atoms with Crippen molar-refractivity contribution in [2.24, 2.45) is 0 Å². The van der Waals surface area contributed by atoms with E-state index in [2.05, 4.69) is 9.97 Å². The molecule has 0 saturated carbocycles. The molecule has 3 heterocycles. The summed E-state index contributed by atoms with van der Waals surface area (Å²) in [5.41, 5.74) is 4.20. The Morgan fingerprint density at radius 2 is 2.15 bits per heavy atom. The summed E-state index contributed by atoms with van der Waals surface area (Å²) in [7, 11) is 0. The Morgan fingerprint density at radius 3 is 3.05 bits per heavy atom. The number of aromatic nitrogens is 3. The second-order valence-electron chi connectivity index (χ2n) is 4.24. The van der Waals surface area contributed by atoms with E-state index in [1.165, 1.54) is 15.9 Å². The fourth-order valence-electron chi connectivity index (χ4n) is 2.16. The molecule has 0 bridgehead atoms. The van der Waals surface area contributed by atoms with Crippen molar-refractivity contribution in [1.82, 2.24) is 14.5 Å². The Bertz CT molecular complexity index is 1050. The lowest BCUT2D eigenvalue weighted by Gasteiger charge is -2.06. The van der Waals surface area contributed by atoms with Gasteiger partial charge in [0.2, 0.25) is 0 Å². The van der Waals surface area contributed by atoms with E-state index < -0.39 is 0 Å². The first-order chi connectivity index (χ1) is 9.74. The summed E-state index contributed by atoms with van der Waals surface area (Å²) in [5.74, 6) is 0. The third-order valence-corrected chi connectivity index (χ3v) is 5.06. The highest BCUT2D eigenvalue weighted by atomic mass is 32.1. The lowest BCUT2D eigenvalue weighted by atomic mass is 10.3. The minimum Gasteiger partial charge on any atom is -0.331 e. The molecule has 98 valence electrons. The van der Waals surface area contributed by atoms with E-state index in [0.717, 1.165) is 21.4 Å². The molecular formula is C13H7N3OS3. The van der Waals surface area contributed by atoms with Gasteiger partial charge in [-0.2, -0.15) is 0 Å². The number of benzene rings is 1. The summed E-state index contributed by atoms with van der Waals surface area (Å²) in [6.07, 6.45) is 0. The topological polar surface area (TPSA) is 50.7 Å². The highest BCUT2D eigenvalue weighted by Gasteiger charge is 2.09. The molecule has 0 aliphatic carbocycles. The highest BCUT2D eigenvalue weighted by Crippen LogP contribution is 2.22. The summed E-state index contributed by atoms with van der Waals surface area (Å²) in [6, 6.07) is 7.58. The number of H-pyrrole nitrogens is 1. The van der Waals surface area contributed by atoms with E-state index in [9.17, 15) is 4.79 Å². The largest absolute Gasteiger partial charge is 0.331 e. The van der Waals surface area contributed by atoms with Crippen molar-refractivity contribution in [3.63, 3.8) is 0 Å². The lowest BCUT2D eigenvalue weighted by Crippen LogP contribution is -2.19. The van der Waals surface area contributed by atoms with Gasteiger partial charge >= 0.3 is 0 Å². The molecule has 4 rings (SSSR count). The van der Waals surface area contributed by atoms with E-state index in [1.54, 1.807) is 16.8 Å². The molecule has 0 saturated heterocycles.